The summed E-state index contributed by atoms with van der Waals surface area (Å²) in [5.74, 6) is -0.897. The van der Waals surface area contributed by atoms with Crippen LogP contribution in [0.5, 0.6) is 0 Å². The van der Waals surface area contributed by atoms with Crippen LogP contribution in [0.4, 0.5) is 0 Å². The first-order valence-electron chi connectivity index (χ1n) is 18.1. The van der Waals surface area contributed by atoms with Gasteiger partial charge in [-0.15, -0.1) is 0 Å². The molecule has 9 heteroatoms. The van der Waals surface area contributed by atoms with Crippen molar-refractivity contribution in [2.45, 2.75) is 180 Å². The number of phosphoric acid groups is 1. The highest BCUT2D eigenvalue weighted by atomic mass is 31.2. The summed E-state index contributed by atoms with van der Waals surface area (Å²) in [6.07, 6.45) is 35.1. The predicted molar refractivity (Wildman–Crippen MR) is 184 cm³/mol. The standard InChI is InChI=1S/C36H67O8P/c1-3-5-7-9-11-12-13-14-15-16-17-18-19-20-21-22-23-24-25-27-29-31-36(38)44-34(33-43-45(39,40)41)32-42-35(37)30-28-26-10-8-6-4-2/h13-14,16-17,34H,3-12,15,18-33H2,1-2H3,(H2,39,40,41)/b14-13-,17-16-. The summed E-state index contributed by atoms with van der Waals surface area (Å²) in [5, 5.41) is 0. The molecule has 0 aromatic heterocycles. The number of carbonyl (C=O) groups is 2. The molecule has 0 radical (unpaired) electrons. The number of hydrogen-bond acceptors (Lipinski definition) is 6. The van der Waals surface area contributed by atoms with Crippen molar-refractivity contribution in [2.24, 2.45) is 0 Å². The Morgan fingerprint density at radius 3 is 1.47 bits per heavy atom. The second kappa shape index (κ2) is 32.5. The second-order valence-corrected chi connectivity index (χ2v) is 13.4. The number of rotatable bonds is 33. The molecule has 1 atom stereocenters. The third kappa shape index (κ3) is 35.2. The summed E-state index contributed by atoms with van der Waals surface area (Å²) in [7, 11) is -4.74. The molecule has 264 valence electrons. The average molecular weight is 659 g/mol. The van der Waals surface area contributed by atoms with E-state index in [0.717, 1.165) is 64.2 Å². The van der Waals surface area contributed by atoms with Crippen LogP contribution in [0, 0.1) is 0 Å². The van der Waals surface area contributed by atoms with Crippen LogP contribution < -0.4 is 0 Å². The van der Waals surface area contributed by atoms with Crippen LogP contribution in [0.25, 0.3) is 0 Å². The zero-order chi connectivity index (χ0) is 33.3. The van der Waals surface area contributed by atoms with E-state index in [1.807, 2.05) is 0 Å². The lowest BCUT2D eigenvalue weighted by atomic mass is 10.1. The lowest BCUT2D eigenvalue weighted by molar-refractivity contribution is -0.161. The highest BCUT2D eigenvalue weighted by Crippen LogP contribution is 2.36. The monoisotopic (exact) mass is 658 g/mol. The van der Waals surface area contributed by atoms with E-state index in [9.17, 15) is 14.2 Å². The summed E-state index contributed by atoms with van der Waals surface area (Å²) in [5.41, 5.74) is 0. The molecule has 0 bridgehead atoms. The molecule has 0 saturated heterocycles. The maximum Gasteiger partial charge on any atom is 0.469 e. The summed E-state index contributed by atoms with van der Waals surface area (Å²) in [4.78, 5) is 42.4. The third-order valence-corrected chi connectivity index (χ3v) is 8.21. The molecule has 2 N–H and O–H groups in total. The number of phosphoric ester groups is 1. The summed E-state index contributed by atoms with van der Waals surface area (Å²) in [6.45, 7) is 3.58. The van der Waals surface area contributed by atoms with E-state index in [1.54, 1.807) is 0 Å². The van der Waals surface area contributed by atoms with Gasteiger partial charge in [-0.3, -0.25) is 14.1 Å². The van der Waals surface area contributed by atoms with Crippen molar-refractivity contribution in [3.05, 3.63) is 24.3 Å². The maximum atomic E-state index is 12.3. The number of hydrogen-bond donors (Lipinski definition) is 2. The van der Waals surface area contributed by atoms with E-state index in [4.69, 9.17) is 19.3 Å². The number of carbonyl (C=O) groups excluding carboxylic acids is 2. The number of unbranched alkanes of at least 4 members (excludes halogenated alkanes) is 19. The molecule has 0 saturated carbocycles. The molecule has 0 heterocycles. The van der Waals surface area contributed by atoms with Crippen molar-refractivity contribution in [1.82, 2.24) is 0 Å². The lowest BCUT2D eigenvalue weighted by Gasteiger charge is -2.18. The molecule has 0 aliphatic rings. The van der Waals surface area contributed by atoms with Crippen LogP contribution in [0.1, 0.15) is 174 Å². The first-order valence-corrected chi connectivity index (χ1v) is 19.7. The zero-order valence-electron chi connectivity index (χ0n) is 28.8. The average Bonchev–Trinajstić information content (AvgIpc) is 3.00. The minimum atomic E-state index is -4.74. The van der Waals surface area contributed by atoms with Crippen LogP contribution in [-0.2, 0) is 28.2 Å². The number of allylic oxidation sites excluding steroid dienone is 4. The van der Waals surface area contributed by atoms with E-state index in [0.29, 0.717) is 6.42 Å². The van der Waals surface area contributed by atoms with Crippen molar-refractivity contribution < 1.29 is 37.9 Å². The smallest absolute Gasteiger partial charge is 0.462 e. The van der Waals surface area contributed by atoms with Crippen molar-refractivity contribution in [2.75, 3.05) is 13.2 Å². The molecule has 0 rings (SSSR count). The molecule has 0 aromatic carbocycles. The van der Waals surface area contributed by atoms with Gasteiger partial charge in [-0.05, 0) is 44.9 Å². The molecule has 0 fully saturated rings. The van der Waals surface area contributed by atoms with Crippen LogP contribution in [0.15, 0.2) is 24.3 Å². The van der Waals surface area contributed by atoms with Crippen LogP contribution in [-0.4, -0.2) is 41.0 Å². The summed E-state index contributed by atoms with van der Waals surface area (Å²) in [6, 6.07) is 0. The van der Waals surface area contributed by atoms with Gasteiger partial charge in [0.1, 0.15) is 6.61 Å². The maximum absolute atomic E-state index is 12.3. The lowest BCUT2D eigenvalue weighted by Crippen LogP contribution is -2.29. The summed E-state index contributed by atoms with van der Waals surface area (Å²) < 4.78 is 26.1. The van der Waals surface area contributed by atoms with Gasteiger partial charge in [0.25, 0.3) is 0 Å². The van der Waals surface area contributed by atoms with Crippen molar-refractivity contribution >= 4 is 19.8 Å². The van der Waals surface area contributed by atoms with E-state index >= 15 is 0 Å². The van der Waals surface area contributed by atoms with Gasteiger partial charge in [-0.1, -0.05) is 141 Å². The van der Waals surface area contributed by atoms with Crippen molar-refractivity contribution in [1.29, 1.82) is 0 Å². The quantitative estimate of drug-likeness (QED) is 0.0309. The van der Waals surface area contributed by atoms with Gasteiger partial charge in [-0.25, -0.2) is 4.57 Å². The minimum Gasteiger partial charge on any atom is -0.462 e. The van der Waals surface area contributed by atoms with Crippen molar-refractivity contribution in [3.8, 4) is 0 Å². The first kappa shape index (κ1) is 43.5. The van der Waals surface area contributed by atoms with Gasteiger partial charge in [0.15, 0.2) is 6.10 Å². The Hall–Kier alpha value is -1.47. The van der Waals surface area contributed by atoms with Crippen LogP contribution >= 0.6 is 7.82 Å². The Labute approximate surface area is 275 Å². The highest BCUT2D eigenvalue weighted by Gasteiger charge is 2.22. The SMILES string of the molecule is CCCCCCC/C=C\C/C=C\CCCCCCCCCCCC(=O)OC(COC(=O)CCCCCCCC)COP(=O)(O)O. The number of esters is 2. The van der Waals surface area contributed by atoms with Gasteiger partial charge < -0.3 is 19.3 Å². The van der Waals surface area contributed by atoms with E-state index < -0.39 is 32.5 Å². The molecule has 8 nitrogen and oxygen atoms in total. The third-order valence-electron chi connectivity index (χ3n) is 7.72. The van der Waals surface area contributed by atoms with Gasteiger partial charge in [0, 0.05) is 12.8 Å². The first-order chi connectivity index (χ1) is 21.8. The van der Waals surface area contributed by atoms with Gasteiger partial charge in [-0.2, -0.15) is 0 Å². The zero-order valence-corrected chi connectivity index (χ0v) is 29.7. The fraction of sp³-hybridized carbons (Fsp3) is 0.833. The summed E-state index contributed by atoms with van der Waals surface area (Å²) >= 11 is 0. The largest absolute Gasteiger partial charge is 0.469 e. The number of ether oxygens (including phenoxy) is 2. The van der Waals surface area contributed by atoms with Gasteiger partial charge >= 0.3 is 19.8 Å². The molecule has 0 spiro atoms. The van der Waals surface area contributed by atoms with Gasteiger partial charge in [0.05, 0.1) is 6.61 Å². The molecule has 0 aliphatic heterocycles. The molecular formula is C36H67O8P. The fourth-order valence-corrected chi connectivity index (χ4v) is 5.35. The van der Waals surface area contributed by atoms with Crippen LogP contribution in [0.2, 0.25) is 0 Å². The van der Waals surface area contributed by atoms with Crippen molar-refractivity contribution in [3.63, 3.8) is 0 Å². The van der Waals surface area contributed by atoms with E-state index in [1.165, 1.54) is 77.0 Å². The Morgan fingerprint density at radius 1 is 0.578 bits per heavy atom. The van der Waals surface area contributed by atoms with E-state index in [-0.39, 0.29) is 19.4 Å². The molecular weight excluding hydrogens is 591 g/mol. The van der Waals surface area contributed by atoms with Crippen LogP contribution in [0.3, 0.4) is 0 Å². The molecule has 0 aliphatic carbocycles. The minimum absolute atomic E-state index is 0.209. The second-order valence-electron chi connectivity index (χ2n) is 12.2. The molecule has 0 amide bonds. The van der Waals surface area contributed by atoms with Gasteiger partial charge in [0.2, 0.25) is 0 Å². The van der Waals surface area contributed by atoms with E-state index in [2.05, 4.69) is 42.7 Å². The Morgan fingerprint density at radius 2 is 1.00 bits per heavy atom. The topological polar surface area (TPSA) is 119 Å². The molecule has 45 heavy (non-hydrogen) atoms. The Kier molecular flexibility index (Phi) is 31.4. The predicted octanol–water partition coefficient (Wildman–Crippen LogP) is 10.5. The Balaban J connectivity index is 3.85. The normalized spacial score (nSPS) is 12.7. The fourth-order valence-electron chi connectivity index (χ4n) is 4.99. The molecule has 0 aromatic rings. The Bertz CT molecular complexity index is 792. The highest BCUT2D eigenvalue weighted by molar-refractivity contribution is 7.46. The molecule has 1 unspecified atom stereocenters.